The zero-order valence-corrected chi connectivity index (χ0v) is 11.8. The smallest absolute Gasteiger partial charge is 0.230 e. The lowest BCUT2D eigenvalue weighted by molar-refractivity contribution is -0.119. The van der Waals surface area contributed by atoms with Crippen LogP contribution in [0.1, 0.15) is 30.4 Å². The third-order valence-corrected chi connectivity index (χ3v) is 3.59. The van der Waals surface area contributed by atoms with E-state index in [0.29, 0.717) is 12.2 Å². The number of nitrogens with zero attached hydrogens (tertiary/aromatic N) is 1. The van der Waals surface area contributed by atoms with E-state index in [4.69, 9.17) is 9.63 Å². The molecule has 1 heterocycles. The van der Waals surface area contributed by atoms with Gasteiger partial charge >= 0.3 is 0 Å². The van der Waals surface area contributed by atoms with Gasteiger partial charge in [0.1, 0.15) is 5.76 Å². The third kappa shape index (κ3) is 4.70. The number of nitrogens with one attached hydrogen (secondary N) is 1. The number of rotatable bonds is 7. The molecule has 0 spiro atoms. The van der Waals surface area contributed by atoms with Crippen LogP contribution in [0.15, 0.2) is 4.52 Å². The molecule has 0 aliphatic rings. The van der Waals surface area contributed by atoms with Crippen molar-refractivity contribution in [3.8, 4) is 0 Å². The van der Waals surface area contributed by atoms with Crippen LogP contribution < -0.4 is 5.32 Å². The SMILES string of the molecule is Cc1noc(C)c1CSCC(=O)NC(C)CCO. The zero-order chi connectivity index (χ0) is 13.5. The number of hydrogen-bond donors (Lipinski definition) is 2. The van der Waals surface area contributed by atoms with E-state index in [0.717, 1.165) is 22.8 Å². The van der Waals surface area contributed by atoms with Crippen molar-refractivity contribution >= 4 is 17.7 Å². The van der Waals surface area contributed by atoms with Gasteiger partial charge in [-0.15, -0.1) is 11.8 Å². The molecule has 18 heavy (non-hydrogen) atoms. The van der Waals surface area contributed by atoms with E-state index in [1.54, 1.807) is 0 Å². The number of aliphatic hydroxyl groups excluding tert-OH is 1. The van der Waals surface area contributed by atoms with Gasteiger partial charge in [-0.25, -0.2) is 0 Å². The van der Waals surface area contributed by atoms with Crippen molar-refractivity contribution in [3.63, 3.8) is 0 Å². The first-order valence-corrected chi connectivity index (χ1v) is 7.09. The highest BCUT2D eigenvalue weighted by molar-refractivity contribution is 7.99. The molecular weight excluding hydrogens is 252 g/mol. The average molecular weight is 272 g/mol. The van der Waals surface area contributed by atoms with Crippen molar-refractivity contribution < 1.29 is 14.4 Å². The number of hydrogen-bond acceptors (Lipinski definition) is 5. The summed E-state index contributed by atoms with van der Waals surface area (Å²) in [5.74, 6) is 1.93. The molecule has 6 heteroatoms. The lowest BCUT2D eigenvalue weighted by Crippen LogP contribution is -2.34. The van der Waals surface area contributed by atoms with Crippen LogP contribution in [0.4, 0.5) is 0 Å². The van der Waals surface area contributed by atoms with Crippen LogP contribution >= 0.6 is 11.8 Å². The van der Waals surface area contributed by atoms with Crippen LogP contribution in [-0.4, -0.2) is 34.6 Å². The van der Waals surface area contributed by atoms with Crippen molar-refractivity contribution in [2.45, 2.75) is 39.0 Å². The Morgan fingerprint density at radius 2 is 2.28 bits per heavy atom. The molecule has 0 bridgehead atoms. The molecule has 0 aliphatic carbocycles. The van der Waals surface area contributed by atoms with Gasteiger partial charge in [-0.05, 0) is 27.2 Å². The predicted molar refractivity (Wildman–Crippen MR) is 71.4 cm³/mol. The molecule has 1 unspecified atom stereocenters. The second kappa shape index (κ2) is 7.43. The largest absolute Gasteiger partial charge is 0.396 e. The number of carbonyl (C=O) groups is 1. The first kappa shape index (κ1) is 15.0. The highest BCUT2D eigenvalue weighted by Crippen LogP contribution is 2.19. The molecule has 1 amide bonds. The Labute approximate surface area is 111 Å². The van der Waals surface area contributed by atoms with Gasteiger partial charge in [-0.2, -0.15) is 0 Å². The standard InChI is InChI=1S/C12H20N2O3S/c1-8(4-5-15)13-12(16)7-18-6-11-9(2)14-17-10(11)3/h8,15H,4-7H2,1-3H3,(H,13,16). The number of aryl methyl sites for hydroxylation is 2. The summed E-state index contributed by atoms with van der Waals surface area (Å²) in [6.45, 7) is 5.75. The molecule has 1 aromatic heterocycles. The molecule has 102 valence electrons. The second-order valence-corrected chi connectivity index (χ2v) is 5.26. The van der Waals surface area contributed by atoms with Gasteiger partial charge in [0.05, 0.1) is 11.4 Å². The minimum absolute atomic E-state index is 0.00675. The summed E-state index contributed by atoms with van der Waals surface area (Å²) in [6.07, 6.45) is 0.584. The summed E-state index contributed by atoms with van der Waals surface area (Å²) < 4.78 is 5.06. The fraction of sp³-hybridized carbons (Fsp3) is 0.667. The van der Waals surface area contributed by atoms with Gasteiger partial charge < -0.3 is 14.9 Å². The maximum absolute atomic E-state index is 11.6. The Kier molecular flexibility index (Phi) is 6.21. The van der Waals surface area contributed by atoms with Gasteiger partial charge in [0.15, 0.2) is 0 Å². The number of aromatic nitrogens is 1. The topological polar surface area (TPSA) is 75.4 Å². The molecule has 1 aromatic rings. The predicted octanol–water partition coefficient (Wildman–Crippen LogP) is 1.41. The fourth-order valence-electron chi connectivity index (χ4n) is 1.54. The molecule has 0 fully saturated rings. The first-order chi connectivity index (χ1) is 8.54. The Balaban J connectivity index is 2.27. The van der Waals surface area contributed by atoms with E-state index in [2.05, 4.69) is 10.5 Å². The average Bonchev–Trinajstić information content (AvgIpc) is 2.60. The second-order valence-electron chi connectivity index (χ2n) is 4.28. The van der Waals surface area contributed by atoms with Crippen molar-refractivity contribution in [1.29, 1.82) is 0 Å². The monoisotopic (exact) mass is 272 g/mol. The molecule has 0 aromatic carbocycles. The van der Waals surface area contributed by atoms with Crippen molar-refractivity contribution in [3.05, 3.63) is 17.0 Å². The summed E-state index contributed by atoms with van der Waals surface area (Å²) in [5, 5.41) is 15.4. The number of amides is 1. The minimum atomic E-state index is -0.00675. The number of thioether (sulfide) groups is 1. The summed E-state index contributed by atoms with van der Waals surface area (Å²) in [6, 6.07) is 0.0159. The maximum atomic E-state index is 11.6. The lowest BCUT2D eigenvalue weighted by Gasteiger charge is -2.11. The van der Waals surface area contributed by atoms with Gasteiger partial charge in [0.25, 0.3) is 0 Å². The summed E-state index contributed by atoms with van der Waals surface area (Å²) in [4.78, 5) is 11.6. The molecule has 5 nitrogen and oxygen atoms in total. The molecule has 1 atom stereocenters. The molecular formula is C12H20N2O3S. The van der Waals surface area contributed by atoms with Gasteiger partial charge in [0, 0.05) is 24.0 Å². The highest BCUT2D eigenvalue weighted by Gasteiger charge is 2.11. The van der Waals surface area contributed by atoms with E-state index in [-0.39, 0.29) is 18.6 Å². The Hall–Kier alpha value is -1.01. The van der Waals surface area contributed by atoms with Crippen LogP contribution in [0.5, 0.6) is 0 Å². The van der Waals surface area contributed by atoms with Crippen molar-refractivity contribution in [2.24, 2.45) is 0 Å². The molecule has 2 N–H and O–H groups in total. The van der Waals surface area contributed by atoms with Crippen molar-refractivity contribution in [2.75, 3.05) is 12.4 Å². The van der Waals surface area contributed by atoms with Gasteiger partial charge in [-0.3, -0.25) is 4.79 Å². The molecule has 0 saturated heterocycles. The minimum Gasteiger partial charge on any atom is -0.396 e. The normalized spacial score (nSPS) is 12.4. The highest BCUT2D eigenvalue weighted by atomic mass is 32.2. The molecule has 1 rings (SSSR count). The van der Waals surface area contributed by atoms with Crippen molar-refractivity contribution in [1.82, 2.24) is 10.5 Å². The lowest BCUT2D eigenvalue weighted by atomic mass is 10.2. The number of carbonyl (C=O) groups excluding carboxylic acids is 1. The Morgan fingerprint density at radius 3 is 2.83 bits per heavy atom. The van der Waals surface area contributed by atoms with Crippen LogP contribution in [0.2, 0.25) is 0 Å². The van der Waals surface area contributed by atoms with Crippen LogP contribution in [0, 0.1) is 13.8 Å². The van der Waals surface area contributed by atoms with E-state index >= 15 is 0 Å². The summed E-state index contributed by atoms with van der Waals surface area (Å²) >= 11 is 1.53. The zero-order valence-electron chi connectivity index (χ0n) is 11.0. The number of aliphatic hydroxyl groups is 1. The molecule has 0 radical (unpaired) electrons. The summed E-state index contributed by atoms with van der Waals surface area (Å²) in [5.41, 5.74) is 1.95. The van der Waals surface area contributed by atoms with Crippen LogP contribution in [0.3, 0.4) is 0 Å². The quantitative estimate of drug-likeness (QED) is 0.785. The molecule has 0 aliphatic heterocycles. The van der Waals surface area contributed by atoms with Crippen LogP contribution in [0.25, 0.3) is 0 Å². The van der Waals surface area contributed by atoms with Gasteiger partial charge in [0.2, 0.25) is 5.91 Å². The van der Waals surface area contributed by atoms with E-state index in [1.165, 1.54) is 11.8 Å². The Bertz CT molecular complexity index is 373. The van der Waals surface area contributed by atoms with E-state index in [9.17, 15) is 4.79 Å². The Morgan fingerprint density at radius 1 is 1.56 bits per heavy atom. The van der Waals surface area contributed by atoms with Gasteiger partial charge in [-0.1, -0.05) is 5.16 Å². The fourth-order valence-corrected chi connectivity index (χ4v) is 2.52. The third-order valence-electron chi connectivity index (χ3n) is 2.63. The van der Waals surface area contributed by atoms with E-state index in [1.807, 2.05) is 20.8 Å². The first-order valence-electron chi connectivity index (χ1n) is 5.94. The summed E-state index contributed by atoms with van der Waals surface area (Å²) in [7, 11) is 0. The maximum Gasteiger partial charge on any atom is 0.230 e. The van der Waals surface area contributed by atoms with Crippen LogP contribution in [-0.2, 0) is 10.5 Å². The van der Waals surface area contributed by atoms with E-state index < -0.39 is 0 Å². The molecule has 0 saturated carbocycles.